The number of methoxy groups -OCH3 is 2. The van der Waals surface area contributed by atoms with Crippen LogP contribution in [-0.2, 0) is 0 Å². The van der Waals surface area contributed by atoms with E-state index in [0.717, 1.165) is 0 Å². The fraction of sp³-hybridized carbons (Fsp3) is 0.222. The molecule has 82 valence electrons. The second-order valence-corrected chi connectivity index (χ2v) is 3.02. The molecule has 6 heteroatoms. The summed E-state index contributed by atoms with van der Waals surface area (Å²) in [5.74, 6) is 0.767. The lowest BCUT2D eigenvalue weighted by molar-refractivity contribution is 0.209. The summed E-state index contributed by atoms with van der Waals surface area (Å²) < 4.78 is 9.94. The maximum atomic E-state index is 10.5. The van der Waals surface area contributed by atoms with Gasteiger partial charge in [-0.05, 0) is 6.07 Å². The second kappa shape index (κ2) is 4.75. The van der Waals surface area contributed by atoms with E-state index in [1.807, 2.05) is 0 Å². The first kappa shape index (κ1) is 11.5. The standard InChI is InChI=1S/C9H10ClNO4/c1-14-7-4-8(15-2)6(3-5(7)10)11-9(12)13/h3-4,11H,1-2H3,(H,12,13). The molecular weight excluding hydrogens is 222 g/mol. The van der Waals surface area contributed by atoms with Crippen molar-refractivity contribution >= 4 is 23.4 Å². The van der Waals surface area contributed by atoms with Crippen LogP contribution < -0.4 is 14.8 Å². The topological polar surface area (TPSA) is 67.8 Å². The molecule has 1 rings (SSSR count). The third-order valence-corrected chi connectivity index (χ3v) is 2.01. The van der Waals surface area contributed by atoms with Gasteiger partial charge in [0.1, 0.15) is 11.5 Å². The largest absolute Gasteiger partial charge is 0.495 e. The van der Waals surface area contributed by atoms with Crippen LogP contribution in [0.3, 0.4) is 0 Å². The summed E-state index contributed by atoms with van der Waals surface area (Å²) >= 11 is 5.83. The van der Waals surface area contributed by atoms with Crippen molar-refractivity contribution in [3.05, 3.63) is 17.2 Å². The molecule has 0 aliphatic heterocycles. The molecule has 1 aromatic rings. The van der Waals surface area contributed by atoms with Crippen molar-refractivity contribution in [1.29, 1.82) is 0 Å². The van der Waals surface area contributed by atoms with E-state index in [1.54, 1.807) is 0 Å². The van der Waals surface area contributed by atoms with Crippen molar-refractivity contribution in [2.45, 2.75) is 0 Å². The number of halogens is 1. The number of hydrogen-bond acceptors (Lipinski definition) is 3. The summed E-state index contributed by atoms with van der Waals surface area (Å²) in [6, 6.07) is 2.93. The van der Waals surface area contributed by atoms with Gasteiger partial charge in [0.2, 0.25) is 0 Å². The van der Waals surface area contributed by atoms with Crippen molar-refractivity contribution in [1.82, 2.24) is 0 Å². The number of anilines is 1. The Kier molecular flexibility index (Phi) is 3.62. The lowest BCUT2D eigenvalue weighted by Crippen LogP contribution is -2.08. The van der Waals surface area contributed by atoms with Crippen LogP contribution in [0.2, 0.25) is 5.02 Å². The van der Waals surface area contributed by atoms with Gasteiger partial charge >= 0.3 is 6.09 Å². The van der Waals surface area contributed by atoms with E-state index >= 15 is 0 Å². The summed E-state index contributed by atoms with van der Waals surface area (Å²) in [4.78, 5) is 10.5. The molecule has 0 aromatic heterocycles. The number of carbonyl (C=O) groups is 1. The Morgan fingerprint density at radius 3 is 2.40 bits per heavy atom. The molecular formula is C9H10ClNO4. The normalized spacial score (nSPS) is 9.53. The average Bonchev–Trinajstić information content (AvgIpc) is 2.17. The molecule has 0 fully saturated rings. The van der Waals surface area contributed by atoms with E-state index in [9.17, 15) is 4.79 Å². The Balaban J connectivity index is 3.15. The molecule has 0 aliphatic carbocycles. The molecule has 0 atom stereocenters. The van der Waals surface area contributed by atoms with E-state index in [1.165, 1.54) is 26.4 Å². The Morgan fingerprint density at radius 1 is 1.33 bits per heavy atom. The minimum Gasteiger partial charge on any atom is -0.495 e. The van der Waals surface area contributed by atoms with Gasteiger partial charge in [0.25, 0.3) is 0 Å². The molecule has 0 bridgehead atoms. The number of hydrogen-bond donors (Lipinski definition) is 2. The number of ether oxygens (including phenoxy) is 2. The van der Waals surface area contributed by atoms with Crippen molar-refractivity contribution in [3.63, 3.8) is 0 Å². The number of carboxylic acid groups (broad SMARTS) is 1. The van der Waals surface area contributed by atoms with E-state index in [2.05, 4.69) is 5.32 Å². The van der Waals surface area contributed by atoms with Gasteiger partial charge < -0.3 is 14.6 Å². The van der Waals surface area contributed by atoms with E-state index in [-0.39, 0.29) is 5.69 Å². The predicted octanol–water partition coefficient (Wildman–Crippen LogP) is 2.45. The quantitative estimate of drug-likeness (QED) is 0.839. The van der Waals surface area contributed by atoms with Crippen LogP contribution in [0.15, 0.2) is 12.1 Å². The molecule has 1 amide bonds. The Labute approximate surface area is 91.6 Å². The highest BCUT2D eigenvalue weighted by Gasteiger charge is 2.11. The smallest absolute Gasteiger partial charge is 0.409 e. The zero-order valence-electron chi connectivity index (χ0n) is 8.20. The van der Waals surface area contributed by atoms with Crippen molar-refractivity contribution in [3.8, 4) is 11.5 Å². The van der Waals surface area contributed by atoms with Gasteiger partial charge in [0, 0.05) is 6.07 Å². The third kappa shape index (κ3) is 2.66. The molecule has 0 unspecified atom stereocenters. The average molecular weight is 232 g/mol. The Bertz CT molecular complexity index is 381. The molecule has 0 radical (unpaired) electrons. The van der Waals surface area contributed by atoms with Crippen LogP contribution >= 0.6 is 11.6 Å². The monoisotopic (exact) mass is 231 g/mol. The van der Waals surface area contributed by atoms with Gasteiger partial charge in [-0.15, -0.1) is 0 Å². The van der Waals surface area contributed by atoms with E-state index < -0.39 is 6.09 Å². The van der Waals surface area contributed by atoms with Gasteiger partial charge in [-0.1, -0.05) is 11.6 Å². The number of rotatable bonds is 3. The zero-order valence-corrected chi connectivity index (χ0v) is 8.96. The molecule has 0 heterocycles. The summed E-state index contributed by atoms with van der Waals surface area (Å²) in [6.45, 7) is 0. The first-order valence-electron chi connectivity index (χ1n) is 4.00. The van der Waals surface area contributed by atoms with E-state index in [4.69, 9.17) is 26.2 Å². The minimum absolute atomic E-state index is 0.274. The molecule has 0 saturated heterocycles. The van der Waals surface area contributed by atoms with Gasteiger partial charge in [0.15, 0.2) is 0 Å². The highest BCUT2D eigenvalue weighted by molar-refractivity contribution is 6.32. The Hall–Kier alpha value is -1.62. The molecule has 1 aromatic carbocycles. The summed E-state index contributed by atoms with van der Waals surface area (Å²) in [7, 11) is 2.89. The number of nitrogens with one attached hydrogen (secondary N) is 1. The fourth-order valence-electron chi connectivity index (χ4n) is 1.07. The lowest BCUT2D eigenvalue weighted by Gasteiger charge is -2.11. The summed E-state index contributed by atoms with van der Waals surface area (Å²) in [6.07, 6.45) is -1.19. The van der Waals surface area contributed by atoms with Crippen LogP contribution in [-0.4, -0.2) is 25.4 Å². The first-order valence-corrected chi connectivity index (χ1v) is 4.37. The minimum atomic E-state index is -1.19. The van der Waals surface area contributed by atoms with Crippen LogP contribution in [0.4, 0.5) is 10.5 Å². The predicted molar refractivity (Wildman–Crippen MR) is 56.2 cm³/mol. The maximum absolute atomic E-state index is 10.5. The van der Waals surface area contributed by atoms with Gasteiger partial charge in [-0.25, -0.2) is 4.79 Å². The Morgan fingerprint density at radius 2 is 1.93 bits per heavy atom. The van der Waals surface area contributed by atoms with Crippen LogP contribution in [0.25, 0.3) is 0 Å². The highest BCUT2D eigenvalue weighted by atomic mass is 35.5. The molecule has 2 N–H and O–H groups in total. The van der Waals surface area contributed by atoms with Crippen molar-refractivity contribution < 1.29 is 19.4 Å². The SMILES string of the molecule is COc1cc(OC)c(NC(=O)O)cc1Cl. The molecule has 0 aliphatic rings. The van der Waals surface area contributed by atoms with Crippen LogP contribution in [0.5, 0.6) is 11.5 Å². The van der Waals surface area contributed by atoms with E-state index in [0.29, 0.717) is 16.5 Å². The summed E-state index contributed by atoms with van der Waals surface area (Å²) in [5, 5.41) is 11.0. The van der Waals surface area contributed by atoms with Crippen molar-refractivity contribution in [2.75, 3.05) is 19.5 Å². The number of amides is 1. The van der Waals surface area contributed by atoms with Crippen LogP contribution in [0.1, 0.15) is 0 Å². The maximum Gasteiger partial charge on any atom is 0.409 e. The molecule has 15 heavy (non-hydrogen) atoms. The number of benzene rings is 1. The van der Waals surface area contributed by atoms with Crippen molar-refractivity contribution in [2.24, 2.45) is 0 Å². The molecule has 5 nitrogen and oxygen atoms in total. The highest BCUT2D eigenvalue weighted by Crippen LogP contribution is 2.35. The summed E-state index contributed by atoms with van der Waals surface area (Å²) in [5.41, 5.74) is 0.274. The van der Waals surface area contributed by atoms with Gasteiger partial charge in [-0.3, -0.25) is 5.32 Å². The fourth-order valence-corrected chi connectivity index (χ4v) is 1.31. The third-order valence-electron chi connectivity index (χ3n) is 1.72. The van der Waals surface area contributed by atoms with Gasteiger partial charge in [-0.2, -0.15) is 0 Å². The first-order chi connectivity index (χ1) is 7.08. The molecule has 0 saturated carbocycles. The zero-order chi connectivity index (χ0) is 11.4. The lowest BCUT2D eigenvalue weighted by atomic mass is 10.2. The second-order valence-electron chi connectivity index (χ2n) is 2.62. The van der Waals surface area contributed by atoms with Gasteiger partial charge in [0.05, 0.1) is 24.9 Å². The molecule has 0 spiro atoms. The van der Waals surface area contributed by atoms with Crippen LogP contribution in [0, 0.1) is 0 Å².